The molecule has 1 atom stereocenters. The van der Waals surface area contributed by atoms with Crippen molar-refractivity contribution in [1.82, 2.24) is 10.2 Å². The van der Waals surface area contributed by atoms with Crippen LogP contribution in [-0.2, 0) is 16.1 Å². The van der Waals surface area contributed by atoms with Crippen LogP contribution in [0, 0.1) is 6.92 Å². The van der Waals surface area contributed by atoms with Crippen LogP contribution in [-0.4, -0.2) is 29.3 Å². The largest absolute Gasteiger partial charge is 0.344 e. The molecular formula is C13H18N2O2S. The molecule has 1 aromatic heterocycles. The van der Waals surface area contributed by atoms with Crippen molar-refractivity contribution in [3.05, 3.63) is 21.9 Å². The van der Waals surface area contributed by atoms with E-state index in [4.69, 9.17) is 0 Å². The lowest BCUT2D eigenvalue weighted by atomic mass is 10.2. The molecule has 0 radical (unpaired) electrons. The summed E-state index contributed by atoms with van der Waals surface area (Å²) >= 11 is 1.70. The molecule has 0 bridgehead atoms. The Balaban J connectivity index is 2.10. The molecule has 4 nitrogen and oxygen atoms in total. The standard InChI is InChI=1S/C13H18N2O2S/c1-3-11-13(17)15(7-6-12(16)14-11)8-10-5-4-9(2)18-10/h4-5,11H,3,6-8H2,1-2H3,(H,14,16). The highest BCUT2D eigenvalue weighted by atomic mass is 32.1. The van der Waals surface area contributed by atoms with Gasteiger partial charge in [0, 0.05) is 22.7 Å². The third-order valence-electron chi connectivity index (χ3n) is 3.10. The molecule has 1 unspecified atom stereocenters. The van der Waals surface area contributed by atoms with Gasteiger partial charge in [-0.05, 0) is 25.5 Å². The number of thiophene rings is 1. The predicted octanol–water partition coefficient (Wildman–Crippen LogP) is 1.68. The Bertz CT molecular complexity index is 456. The van der Waals surface area contributed by atoms with Crippen molar-refractivity contribution in [1.29, 1.82) is 0 Å². The van der Waals surface area contributed by atoms with Crippen LogP contribution >= 0.6 is 11.3 Å². The van der Waals surface area contributed by atoms with Crippen molar-refractivity contribution < 1.29 is 9.59 Å². The predicted molar refractivity (Wildman–Crippen MR) is 71.3 cm³/mol. The van der Waals surface area contributed by atoms with Gasteiger partial charge in [-0.1, -0.05) is 6.92 Å². The summed E-state index contributed by atoms with van der Waals surface area (Å²) in [6, 6.07) is 3.75. The summed E-state index contributed by atoms with van der Waals surface area (Å²) in [5.74, 6) is 0.00876. The molecule has 1 aromatic rings. The van der Waals surface area contributed by atoms with Gasteiger partial charge in [-0.25, -0.2) is 0 Å². The summed E-state index contributed by atoms with van der Waals surface area (Å²) < 4.78 is 0. The van der Waals surface area contributed by atoms with Gasteiger partial charge >= 0.3 is 0 Å². The zero-order valence-electron chi connectivity index (χ0n) is 10.7. The number of rotatable bonds is 3. The van der Waals surface area contributed by atoms with Crippen LogP contribution in [0.1, 0.15) is 29.5 Å². The normalized spacial score (nSPS) is 20.8. The molecule has 2 heterocycles. The van der Waals surface area contributed by atoms with Gasteiger partial charge in [0.25, 0.3) is 0 Å². The second-order valence-electron chi connectivity index (χ2n) is 4.55. The lowest BCUT2D eigenvalue weighted by Crippen LogP contribution is -2.43. The fourth-order valence-corrected chi connectivity index (χ4v) is 2.99. The van der Waals surface area contributed by atoms with Gasteiger partial charge in [0.15, 0.2) is 0 Å². The molecular weight excluding hydrogens is 248 g/mol. The summed E-state index contributed by atoms with van der Waals surface area (Å²) in [4.78, 5) is 28.0. The molecule has 98 valence electrons. The average molecular weight is 266 g/mol. The van der Waals surface area contributed by atoms with E-state index in [0.717, 1.165) is 0 Å². The molecule has 1 aliphatic heterocycles. The zero-order chi connectivity index (χ0) is 13.1. The molecule has 1 fully saturated rings. The second-order valence-corrected chi connectivity index (χ2v) is 5.92. The van der Waals surface area contributed by atoms with Crippen molar-refractivity contribution in [2.45, 2.75) is 39.3 Å². The van der Waals surface area contributed by atoms with Crippen LogP contribution in [0.15, 0.2) is 12.1 Å². The van der Waals surface area contributed by atoms with Crippen LogP contribution in [0.5, 0.6) is 0 Å². The van der Waals surface area contributed by atoms with E-state index in [1.165, 1.54) is 9.75 Å². The molecule has 1 aliphatic rings. The number of hydrogen-bond acceptors (Lipinski definition) is 3. The van der Waals surface area contributed by atoms with Crippen LogP contribution < -0.4 is 5.32 Å². The van der Waals surface area contributed by atoms with Crippen LogP contribution in [0.3, 0.4) is 0 Å². The maximum atomic E-state index is 12.2. The number of nitrogens with one attached hydrogen (secondary N) is 1. The van der Waals surface area contributed by atoms with Gasteiger partial charge in [0.1, 0.15) is 6.04 Å². The minimum absolute atomic E-state index is 0.0277. The molecule has 2 rings (SSSR count). The maximum absolute atomic E-state index is 12.2. The van der Waals surface area contributed by atoms with Gasteiger partial charge in [-0.15, -0.1) is 11.3 Å². The van der Waals surface area contributed by atoms with Crippen molar-refractivity contribution >= 4 is 23.2 Å². The minimum Gasteiger partial charge on any atom is -0.344 e. The third-order valence-corrected chi connectivity index (χ3v) is 4.09. The number of hydrogen-bond donors (Lipinski definition) is 1. The van der Waals surface area contributed by atoms with E-state index < -0.39 is 0 Å². The summed E-state index contributed by atoms with van der Waals surface area (Å²) in [5.41, 5.74) is 0. The van der Waals surface area contributed by atoms with Gasteiger partial charge in [0.2, 0.25) is 11.8 Å². The number of amides is 2. The van der Waals surface area contributed by atoms with Crippen LogP contribution in [0.25, 0.3) is 0 Å². The van der Waals surface area contributed by atoms with Gasteiger partial charge in [0.05, 0.1) is 6.54 Å². The first kappa shape index (κ1) is 13.1. The molecule has 0 aliphatic carbocycles. The highest BCUT2D eigenvalue weighted by Crippen LogP contribution is 2.18. The summed E-state index contributed by atoms with van der Waals surface area (Å²) in [6.07, 6.45) is 1.04. The lowest BCUT2D eigenvalue weighted by Gasteiger charge is -2.22. The monoisotopic (exact) mass is 266 g/mol. The SMILES string of the molecule is CCC1NC(=O)CCN(Cc2ccc(C)s2)C1=O. The number of carbonyl (C=O) groups is 2. The summed E-state index contributed by atoms with van der Waals surface area (Å²) in [7, 11) is 0. The zero-order valence-corrected chi connectivity index (χ0v) is 11.5. The molecule has 5 heteroatoms. The topological polar surface area (TPSA) is 49.4 Å². The fourth-order valence-electron chi connectivity index (χ4n) is 2.09. The maximum Gasteiger partial charge on any atom is 0.245 e. The Hall–Kier alpha value is -1.36. The molecule has 0 saturated carbocycles. The third kappa shape index (κ3) is 2.90. The summed E-state index contributed by atoms with van der Waals surface area (Å²) in [5, 5.41) is 2.77. The average Bonchev–Trinajstić information content (AvgIpc) is 2.70. The first-order valence-electron chi connectivity index (χ1n) is 6.23. The van der Waals surface area contributed by atoms with Crippen molar-refractivity contribution in [2.24, 2.45) is 0 Å². The van der Waals surface area contributed by atoms with E-state index in [1.54, 1.807) is 16.2 Å². The van der Waals surface area contributed by atoms with Gasteiger partial charge < -0.3 is 10.2 Å². The first-order chi connectivity index (χ1) is 8.60. The van der Waals surface area contributed by atoms with Crippen molar-refractivity contribution in [3.63, 3.8) is 0 Å². The Kier molecular flexibility index (Phi) is 4.01. The van der Waals surface area contributed by atoms with E-state index >= 15 is 0 Å². The molecule has 2 amide bonds. The molecule has 0 spiro atoms. The van der Waals surface area contributed by atoms with Crippen molar-refractivity contribution in [3.8, 4) is 0 Å². The number of nitrogens with zero attached hydrogens (tertiary/aromatic N) is 1. The highest BCUT2D eigenvalue weighted by Gasteiger charge is 2.28. The Morgan fingerprint density at radius 2 is 2.22 bits per heavy atom. The quantitative estimate of drug-likeness (QED) is 0.905. The van der Waals surface area contributed by atoms with E-state index in [-0.39, 0.29) is 17.9 Å². The fraction of sp³-hybridized carbons (Fsp3) is 0.538. The highest BCUT2D eigenvalue weighted by molar-refractivity contribution is 7.11. The van der Waals surface area contributed by atoms with Gasteiger partial charge in [-0.2, -0.15) is 0 Å². The van der Waals surface area contributed by atoms with Crippen LogP contribution in [0.2, 0.25) is 0 Å². The Morgan fingerprint density at radius 3 is 2.83 bits per heavy atom. The van der Waals surface area contributed by atoms with E-state index in [1.807, 2.05) is 13.0 Å². The molecule has 0 aromatic carbocycles. The molecule has 18 heavy (non-hydrogen) atoms. The lowest BCUT2D eigenvalue weighted by molar-refractivity contribution is -0.134. The second kappa shape index (κ2) is 5.52. The summed E-state index contributed by atoms with van der Waals surface area (Å²) in [6.45, 7) is 5.10. The minimum atomic E-state index is -0.360. The Morgan fingerprint density at radius 1 is 1.44 bits per heavy atom. The number of carbonyl (C=O) groups excluding carboxylic acids is 2. The first-order valence-corrected chi connectivity index (χ1v) is 7.05. The molecule has 1 N–H and O–H groups in total. The van der Waals surface area contributed by atoms with E-state index in [0.29, 0.717) is 25.9 Å². The van der Waals surface area contributed by atoms with Crippen LogP contribution in [0.4, 0.5) is 0 Å². The van der Waals surface area contributed by atoms with Crippen molar-refractivity contribution in [2.75, 3.05) is 6.54 Å². The molecule has 1 saturated heterocycles. The smallest absolute Gasteiger partial charge is 0.245 e. The Labute approximate surface area is 111 Å². The van der Waals surface area contributed by atoms with E-state index in [2.05, 4.69) is 18.3 Å². The van der Waals surface area contributed by atoms with E-state index in [9.17, 15) is 9.59 Å². The van der Waals surface area contributed by atoms with Gasteiger partial charge in [-0.3, -0.25) is 9.59 Å². The number of aryl methyl sites for hydroxylation is 1.